The quantitative estimate of drug-likeness (QED) is 0.813. The number of para-hydroxylation sites is 1. The van der Waals surface area contributed by atoms with Crippen molar-refractivity contribution >= 4 is 11.6 Å². The number of hydrogen-bond acceptors (Lipinski definition) is 5. The fourth-order valence-electron chi connectivity index (χ4n) is 3.90. The van der Waals surface area contributed by atoms with Gasteiger partial charge in [-0.25, -0.2) is 0 Å². The van der Waals surface area contributed by atoms with Gasteiger partial charge in [-0.3, -0.25) is 9.69 Å². The van der Waals surface area contributed by atoms with E-state index in [1.54, 1.807) is 0 Å². The number of rotatable bonds is 6. The van der Waals surface area contributed by atoms with Crippen molar-refractivity contribution in [3.63, 3.8) is 0 Å². The minimum Gasteiger partial charge on any atom is -0.454 e. The molecule has 2 aliphatic rings. The van der Waals surface area contributed by atoms with E-state index in [0.29, 0.717) is 19.3 Å². The van der Waals surface area contributed by atoms with Crippen molar-refractivity contribution < 1.29 is 14.3 Å². The largest absolute Gasteiger partial charge is 0.454 e. The number of nitrogens with zero attached hydrogens (tertiary/aromatic N) is 2. The number of piperazine rings is 1. The third-order valence-corrected chi connectivity index (χ3v) is 5.58. The molecule has 2 aromatic rings. The van der Waals surface area contributed by atoms with Crippen molar-refractivity contribution in [1.82, 2.24) is 9.80 Å². The van der Waals surface area contributed by atoms with Gasteiger partial charge in [-0.2, -0.15) is 0 Å². The number of amides is 1. The van der Waals surface area contributed by atoms with Crippen LogP contribution in [-0.4, -0.2) is 55.2 Å². The molecule has 0 aromatic heterocycles. The zero-order valence-corrected chi connectivity index (χ0v) is 17.2. The van der Waals surface area contributed by atoms with E-state index in [1.807, 2.05) is 29.2 Å². The van der Waals surface area contributed by atoms with Gasteiger partial charge < -0.3 is 19.7 Å². The Bertz CT molecular complexity index is 860. The highest BCUT2D eigenvalue weighted by Crippen LogP contribution is 2.32. The average Bonchev–Trinajstić information content (AvgIpc) is 3.20. The molecule has 0 saturated carbocycles. The SMILES string of the molecule is CC(C)c1ccccc1NCC(=O)N1CCN(Cc2ccc3c(c2)OCO3)CC1. The summed E-state index contributed by atoms with van der Waals surface area (Å²) in [6, 6.07) is 14.3. The monoisotopic (exact) mass is 395 g/mol. The maximum atomic E-state index is 12.7. The first kappa shape index (κ1) is 19.6. The summed E-state index contributed by atoms with van der Waals surface area (Å²) < 4.78 is 10.8. The second-order valence-electron chi connectivity index (χ2n) is 7.94. The molecule has 154 valence electrons. The summed E-state index contributed by atoms with van der Waals surface area (Å²) in [5.41, 5.74) is 3.51. The summed E-state index contributed by atoms with van der Waals surface area (Å²) in [5, 5.41) is 3.34. The maximum absolute atomic E-state index is 12.7. The van der Waals surface area contributed by atoms with Crippen LogP contribution in [0, 0.1) is 0 Å². The van der Waals surface area contributed by atoms with E-state index in [2.05, 4.69) is 42.3 Å². The topological polar surface area (TPSA) is 54.0 Å². The van der Waals surface area contributed by atoms with Gasteiger partial charge in [0.05, 0.1) is 6.54 Å². The summed E-state index contributed by atoms with van der Waals surface area (Å²) in [5.74, 6) is 2.22. The van der Waals surface area contributed by atoms with Crippen molar-refractivity contribution in [3.8, 4) is 11.5 Å². The van der Waals surface area contributed by atoms with Crippen LogP contribution in [0.4, 0.5) is 5.69 Å². The lowest BCUT2D eigenvalue weighted by molar-refractivity contribution is -0.131. The van der Waals surface area contributed by atoms with E-state index in [4.69, 9.17) is 9.47 Å². The van der Waals surface area contributed by atoms with Gasteiger partial charge in [0.15, 0.2) is 11.5 Å². The molecule has 0 aliphatic carbocycles. The zero-order chi connectivity index (χ0) is 20.2. The van der Waals surface area contributed by atoms with Crippen molar-refractivity contribution in [2.24, 2.45) is 0 Å². The number of carbonyl (C=O) groups is 1. The lowest BCUT2D eigenvalue weighted by atomic mass is 10.0. The summed E-state index contributed by atoms with van der Waals surface area (Å²) in [7, 11) is 0. The van der Waals surface area contributed by atoms with Crippen LogP contribution in [0.2, 0.25) is 0 Å². The van der Waals surface area contributed by atoms with Crippen LogP contribution in [-0.2, 0) is 11.3 Å². The van der Waals surface area contributed by atoms with E-state index in [-0.39, 0.29) is 5.91 Å². The number of ether oxygens (including phenoxy) is 2. The molecule has 0 radical (unpaired) electrons. The predicted octanol–water partition coefficient (Wildman–Crippen LogP) is 3.30. The number of hydrogen-bond donors (Lipinski definition) is 1. The number of carbonyl (C=O) groups excluding carboxylic acids is 1. The minimum atomic E-state index is 0.159. The Morgan fingerprint density at radius 1 is 1.03 bits per heavy atom. The summed E-state index contributed by atoms with van der Waals surface area (Å²) in [4.78, 5) is 17.0. The molecule has 29 heavy (non-hydrogen) atoms. The lowest BCUT2D eigenvalue weighted by Gasteiger charge is -2.35. The van der Waals surface area contributed by atoms with E-state index in [9.17, 15) is 4.79 Å². The molecule has 0 unspecified atom stereocenters. The van der Waals surface area contributed by atoms with Crippen LogP contribution in [0.3, 0.4) is 0 Å². The smallest absolute Gasteiger partial charge is 0.241 e. The molecule has 0 bridgehead atoms. The van der Waals surface area contributed by atoms with Gasteiger partial charge in [0.1, 0.15) is 0 Å². The van der Waals surface area contributed by atoms with Gasteiger partial charge in [-0.05, 0) is 35.2 Å². The molecule has 2 aromatic carbocycles. The third-order valence-electron chi connectivity index (χ3n) is 5.58. The Morgan fingerprint density at radius 2 is 1.79 bits per heavy atom. The molecular formula is C23H29N3O3. The van der Waals surface area contributed by atoms with Gasteiger partial charge in [0.25, 0.3) is 0 Å². The van der Waals surface area contributed by atoms with Gasteiger partial charge in [0.2, 0.25) is 12.7 Å². The zero-order valence-electron chi connectivity index (χ0n) is 17.2. The molecular weight excluding hydrogens is 366 g/mol. The number of anilines is 1. The second-order valence-corrected chi connectivity index (χ2v) is 7.94. The molecule has 6 nitrogen and oxygen atoms in total. The van der Waals surface area contributed by atoms with Crippen molar-refractivity contribution in [3.05, 3.63) is 53.6 Å². The lowest BCUT2D eigenvalue weighted by Crippen LogP contribution is -2.49. The summed E-state index contributed by atoms with van der Waals surface area (Å²) in [6.45, 7) is 9.11. The van der Waals surface area contributed by atoms with Crippen LogP contribution in [0.5, 0.6) is 11.5 Å². The summed E-state index contributed by atoms with van der Waals surface area (Å²) >= 11 is 0. The average molecular weight is 396 g/mol. The van der Waals surface area contributed by atoms with E-state index in [0.717, 1.165) is 49.9 Å². The third kappa shape index (κ3) is 4.65. The molecule has 0 spiro atoms. The highest BCUT2D eigenvalue weighted by Gasteiger charge is 2.22. The minimum absolute atomic E-state index is 0.159. The number of nitrogens with one attached hydrogen (secondary N) is 1. The Kier molecular flexibility index (Phi) is 5.90. The van der Waals surface area contributed by atoms with Crippen molar-refractivity contribution in [1.29, 1.82) is 0 Å². The van der Waals surface area contributed by atoms with Crippen LogP contribution < -0.4 is 14.8 Å². The normalized spacial score (nSPS) is 16.3. The van der Waals surface area contributed by atoms with Crippen LogP contribution in [0.25, 0.3) is 0 Å². The highest BCUT2D eigenvalue weighted by molar-refractivity contribution is 5.81. The Balaban J connectivity index is 1.26. The fraction of sp³-hybridized carbons (Fsp3) is 0.435. The molecule has 1 amide bonds. The molecule has 1 N–H and O–H groups in total. The molecule has 6 heteroatoms. The molecule has 2 aliphatic heterocycles. The second kappa shape index (κ2) is 8.74. The first-order valence-corrected chi connectivity index (χ1v) is 10.3. The van der Waals surface area contributed by atoms with Gasteiger partial charge in [-0.1, -0.05) is 38.1 Å². The number of fused-ring (bicyclic) bond motifs is 1. The van der Waals surface area contributed by atoms with Gasteiger partial charge in [-0.15, -0.1) is 0 Å². The van der Waals surface area contributed by atoms with Crippen molar-refractivity contribution in [2.45, 2.75) is 26.3 Å². The fourth-order valence-corrected chi connectivity index (χ4v) is 3.90. The van der Waals surface area contributed by atoms with E-state index >= 15 is 0 Å². The molecule has 4 rings (SSSR count). The van der Waals surface area contributed by atoms with E-state index < -0.39 is 0 Å². The van der Waals surface area contributed by atoms with Crippen molar-refractivity contribution in [2.75, 3.05) is 44.8 Å². The predicted molar refractivity (Wildman–Crippen MR) is 113 cm³/mol. The van der Waals surface area contributed by atoms with Crippen LogP contribution >= 0.6 is 0 Å². The van der Waals surface area contributed by atoms with Crippen LogP contribution in [0.1, 0.15) is 30.9 Å². The van der Waals surface area contributed by atoms with Crippen LogP contribution in [0.15, 0.2) is 42.5 Å². The first-order chi connectivity index (χ1) is 14.1. The molecule has 2 heterocycles. The molecule has 0 atom stereocenters. The van der Waals surface area contributed by atoms with Gasteiger partial charge in [0, 0.05) is 38.4 Å². The Hall–Kier alpha value is -2.73. The molecule has 1 saturated heterocycles. The highest BCUT2D eigenvalue weighted by atomic mass is 16.7. The van der Waals surface area contributed by atoms with E-state index in [1.165, 1.54) is 11.1 Å². The number of benzene rings is 2. The Labute approximate surface area is 172 Å². The van der Waals surface area contributed by atoms with Gasteiger partial charge >= 0.3 is 0 Å². The maximum Gasteiger partial charge on any atom is 0.241 e. The Morgan fingerprint density at radius 3 is 2.59 bits per heavy atom. The first-order valence-electron chi connectivity index (χ1n) is 10.3. The summed E-state index contributed by atoms with van der Waals surface area (Å²) in [6.07, 6.45) is 0. The molecule has 1 fully saturated rings. The standard InChI is InChI=1S/C23H29N3O3/c1-17(2)19-5-3-4-6-20(19)24-14-23(27)26-11-9-25(10-12-26)15-18-7-8-21-22(13-18)29-16-28-21/h3-8,13,17,24H,9-12,14-16H2,1-2H3.